The van der Waals surface area contributed by atoms with E-state index < -0.39 is 12.2 Å². The highest BCUT2D eigenvalue weighted by Gasteiger charge is 2.52. The Balaban J connectivity index is 1.33. The van der Waals surface area contributed by atoms with Gasteiger partial charge in [0.2, 0.25) is 11.8 Å². The zero-order valence-corrected chi connectivity index (χ0v) is 25.7. The largest absolute Gasteiger partial charge is 0.375 e. The van der Waals surface area contributed by atoms with E-state index in [-0.39, 0.29) is 44.0 Å². The molecule has 2 saturated heterocycles. The van der Waals surface area contributed by atoms with Gasteiger partial charge >= 0.3 is 6.03 Å². The average molecular weight is 630 g/mol. The van der Waals surface area contributed by atoms with Crippen LogP contribution < -0.4 is 11.1 Å². The first-order valence-electron chi connectivity index (χ1n) is 14.9. The predicted octanol–water partition coefficient (Wildman–Crippen LogP) is 2.40. The number of rotatable bonds is 11. The van der Waals surface area contributed by atoms with Crippen LogP contribution in [0.15, 0.2) is 55.1 Å². The number of nitrogen functional groups attached to an aromatic ring is 1. The highest BCUT2D eigenvalue weighted by Crippen LogP contribution is 2.32. The third kappa shape index (κ3) is 6.08. The van der Waals surface area contributed by atoms with E-state index in [9.17, 15) is 14.4 Å². The van der Waals surface area contributed by atoms with Crippen LogP contribution in [-0.4, -0.2) is 102 Å². The summed E-state index contributed by atoms with van der Waals surface area (Å²) in [5.41, 5.74) is 9.30. The molecule has 234 valence electrons. The van der Waals surface area contributed by atoms with Crippen LogP contribution in [0.3, 0.4) is 0 Å². The number of nitrogens with two attached hydrogens (primary N) is 1. The summed E-state index contributed by atoms with van der Waals surface area (Å²) in [6.07, 6.45) is 3.14. The van der Waals surface area contributed by atoms with E-state index in [1.165, 1.54) is 16.3 Å². The number of urea groups is 1. The van der Waals surface area contributed by atoms with Crippen molar-refractivity contribution in [2.24, 2.45) is 0 Å². The van der Waals surface area contributed by atoms with E-state index in [0.717, 1.165) is 39.7 Å². The third-order valence-electron chi connectivity index (χ3n) is 8.10. The number of fused-ring (bicyclic) bond motifs is 2. The molecule has 2 fully saturated rings. The van der Waals surface area contributed by atoms with Crippen molar-refractivity contribution in [3.8, 4) is 11.4 Å². The molecule has 0 bridgehead atoms. The van der Waals surface area contributed by atoms with Crippen molar-refractivity contribution >= 4 is 44.5 Å². The molecule has 4 amide bonds. The maximum Gasteiger partial charge on any atom is 0.332 e. The normalized spacial score (nSPS) is 18.4. The monoisotopic (exact) mass is 629 g/mol. The molecule has 4 heterocycles. The first kappa shape index (κ1) is 30.1. The highest BCUT2D eigenvalue weighted by molar-refractivity contribution is 7.22. The maximum atomic E-state index is 14.3. The molecule has 0 saturated carbocycles. The first-order chi connectivity index (χ1) is 21.9. The van der Waals surface area contributed by atoms with Gasteiger partial charge in [-0.05, 0) is 34.0 Å². The molecule has 15 heteroatoms. The fourth-order valence-corrected chi connectivity index (χ4v) is 6.72. The van der Waals surface area contributed by atoms with Gasteiger partial charge in [-0.2, -0.15) is 5.01 Å². The molecule has 2 aromatic heterocycles. The Kier molecular flexibility index (Phi) is 8.71. The van der Waals surface area contributed by atoms with E-state index in [0.29, 0.717) is 23.9 Å². The summed E-state index contributed by atoms with van der Waals surface area (Å²) in [5, 5.41) is 20.7. The van der Waals surface area contributed by atoms with Gasteiger partial charge in [-0.15, -0.1) is 11.7 Å². The Morgan fingerprint density at radius 1 is 1.24 bits per heavy atom. The predicted molar refractivity (Wildman–Crippen MR) is 169 cm³/mol. The molecule has 4 N–H and O–H groups in total. The molecule has 0 radical (unpaired) electrons. The summed E-state index contributed by atoms with van der Waals surface area (Å²) >= 11 is 1.40. The molecule has 2 aliphatic rings. The topological polar surface area (TPSA) is 170 Å². The Labute approximate surface area is 263 Å². The molecule has 2 atom stereocenters. The summed E-state index contributed by atoms with van der Waals surface area (Å²) in [6, 6.07) is 12.3. The number of anilines is 1. The number of thiazole rings is 1. The van der Waals surface area contributed by atoms with Gasteiger partial charge in [-0.25, -0.2) is 14.9 Å². The van der Waals surface area contributed by atoms with E-state index >= 15 is 0 Å². The molecule has 6 rings (SSSR count). The van der Waals surface area contributed by atoms with Crippen molar-refractivity contribution < 1.29 is 14.4 Å². The van der Waals surface area contributed by atoms with Gasteiger partial charge in [0.05, 0.1) is 29.9 Å². The van der Waals surface area contributed by atoms with Crippen LogP contribution in [0.2, 0.25) is 0 Å². The number of unbranched alkanes of at least 4 members (excludes halogenated alkanes) is 1. The van der Waals surface area contributed by atoms with Crippen molar-refractivity contribution in [2.75, 3.05) is 31.9 Å². The number of amides is 4. The minimum Gasteiger partial charge on any atom is -0.375 e. The van der Waals surface area contributed by atoms with E-state index in [1.54, 1.807) is 20.9 Å². The summed E-state index contributed by atoms with van der Waals surface area (Å²) in [4.78, 5) is 49.2. The quantitative estimate of drug-likeness (QED) is 0.167. The number of carbonyl (C=O) groups excluding carboxylic acids is 3. The minimum absolute atomic E-state index is 0.0348. The van der Waals surface area contributed by atoms with Crippen molar-refractivity contribution in [2.45, 2.75) is 44.9 Å². The van der Waals surface area contributed by atoms with Crippen LogP contribution in [-0.2, 0) is 22.6 Å². The summed E-state index contributed by atoms with van der Waals surface area (Å²) in [7, 11) is 0. The highest BCUT2D eigenvalue weighted by atomic mass is 32.1. The van der Waals surface area contributed by atoms with E-state index in [4.69, 9.17) is 5.73 Å². The lowest BCUT2D eigenvalue weighted by molar-refractivity contribution is -0.157. The average Bonchev–Trinajstić information content (AvgIpc) is 3.78. The number of H-pyrrole nitrogens is 1. The van der Waals surface area contributed by atoms with Gasteiger partial charge < -0.3 is 20.9 Å². The number of hydrogen-bond donors (Lipinski definition) is 3. The summed E-state index contributed by atoms with van der Waals surface area (Å²) < 4.78 is 0.938. The smallest absolute Gasteiger partial charge is 0.332 e. The van der Waals surface area contributed by atoms with Crippen LogP contribution >= 0.6 is 11.3 Å². The lowest BCUT2D eigenvalue weighted by atomic mass is 9.99. The second-order valence-electron chi connectivity index (χ2n) is 11.0. The number of para-hydroxylation sites is 1. The van der Waals surface area contributed by atoms with Crippen LogP contribution in [0.1, 0.15) is 30.9 Å². The van der Waals surface area contributed by atoms with Crippen LogP contribution in [0.5, 0.6) is 0 Å². The zero-order chi connectivity index (χ0) is 31.5. The fourth-order valence-electron chi connectivity index (χ4n) is 5.94. The Morgan fingerprint density at radius 3 is 2.80 bits per heavy atom. The minimum atomic E-state index is -0.785. The third-order valence-corrected chi connectivity index (χ3v) is 8.95. The van der Waals surface area contributed by atoms with E-state index in [2.05, 4.69) is 44.4 Å². The number of benzene rings is 2. The van der Waals surface area contributed by atoms with Crippen LogP contribution in [0, 0.1) is 0 Å². The molecular formula is C30H35N11O3S. The zero-order valence-electron chi connectivity index (χ0n) is 24.9. The molecule has 0 spiro atoms. The lowest BCUT2D eigenvalue weighted by Crippen LogP contribution is -2.66. The fraction of sp³-hybridized carbons (Fsp3) is 0.367. The number of hydrogen-bond acceptors (Lipinski definition) is 10. The number of nitrogens with zero attached hydrogens (tertiary/aromatic N) is 8. The van der Waals surface area contributed by atoms with Gasteiger partial charge in [0.1, 0.15) is 12.2 Å². The van der Waals surface area contributed by atoms with Crippen molar-refractivity contribution in [3.05, 3.63) is 66.2 Å². The Hall–Kier alpha value is -4.89. The molecule has 0 aliphatic carbocycles. The molecule has 2 aromatic carbocycles. The number of piperazine rings is 1. The number of nitrogens with one attached hydrogen (secondary N) is 2. The molecule has 4 aromatic rings. The Bertz CT molecular complexity index is 1690. The van der Waals surface area contributed by atoms with Crippen molar-refractivity contribution in [3.63, 3.8) is 0 Å². The van der Waals surface area contributed by atoms with Gasteiger partial charge in [0.25, 0.3) is 0 Å². The standard InChI is InChI=1S/C30H35N11O3S/c1-3-5-13-32-30(44)39(14-4-2)40-18-25(42)41-22(15-19-9-11-20(12-10-19)27-34-36-37-35-27)28(43)38(17-24(40)41)16-21-7-6-8-23-26(21)33-29(31)45-23/h4,6-12,22,24H,2-3,5,13-18H2,1H3,(H2,31,33)(H,32,44)(H,34,35,36,37)/t22-,24+/m0/s1. The Morgan fingerprint density at radius 2 is 2.07 bits per heavy atom. The number of aromatic amines is 1. The van der Waals surface area contributed by atoms with Gasteiger partial charge in [0.15, 0.2) is 11.0 Å². The summed E-state index contributed by atoms with van der Waals surface area (Å²) in [5.74, 6) is 0.142. The summed E-state index contributed by atoms with van der Waals surface area (Å²) in [6.45, 7) is 7.09. The molecule has 45 heavy (non-hydrogen) atoms. The van der Waals surface area contributed by atoms with Gasteiger partial charge in [-0.1, -0.05) is 67.2 Å². The number of aromatic nitrogens is 5. The lowest BCUT2D eigenvalue weighted by Gasteiger charge is -2.46. The second kappa shape index (κ2) is 13.0. The van der Waals surface area contributed by atoms with Gasteiger partial charge in [-0.3, -0.25) is 14.6 Å². The van der Waals surface area contributed by atoms with Crippen molar-refractivity contribution in [1.29, 1.82) is 0 Å². The molecule has 2 aliphatic heterocycles. The maximum absolute atomic E-state index is 14.3. The molecule has 0 unspecified atom stereocenters. The van der Waals surface area contributed by atoms with Gasteiger partial charge in [0, 0.05) is 25.1 Å². The molecular weight excluding hydrogens is 594 g/mol. The SMILES string of the molecule is C=CCN(C(=O)NCCCC)N1CC(=O)N2[C@@H](Cc3ccc(-c4nnn[nH]4)cc3)C(=O)N(Cc3cccc4sc(N)nc34)C[C@@H]21. The number of tetrazole rings is 1. The van der Waals surface area contributed by atoms with Crippen LogP contribution in [0.4, 0.5) is 9.93 Å². The number of hydrazine groups is 1. The second-order valence-corrected chi connectivity index (χ2v) is 12.1. The first-order valence-corrected chi connectivity index (χ1v) is 15.7. The van der Waals surface area contributed by atoms with E-state index in [1.807, 2.05) is 42.5 Å². The molecule has 14 nitrogen and oxygen atoms in total. The number of carbonyl (C=O) groups is 3. The van der Waals surface area contributed by atoms with Crippen LogP contribution in [0.25, 0.3) is 21.6 Å². The van der Waals surface area contributed by atoms with Crippen molar-refractivity contribution in [1.82, 2.24) is 50.7 Å².